The number of carbonyl (C=O) groups is 2. The van der Waals surface area contributed by atoms with E-state index in [4.69, 9.17) is 0 Å². The Labute approximate surface area is 195 Å². The first-order valence-electron chi connectivity index (χ1n) is 11.4. The number of hydrogen-bond donors (Lipinski definition) is 1. The Morgan fingerprint density at radius 3 is 2.67 bits per heavy atom. The molecule has 33 heavy (non-hydrogen) atoms. The molecule has 170 valence electrons. The summed E-state index contributed by atoms with van der Waals surface area (Å²) in [5.41, 5.74) is 4.15. The third-order valence-electron chi connectivity index (χ3n) is 6.20. The van der Waals surface area contributed by atoms with Gasteiger partial charge in [-0.3, -0.25) is 14.6 Å². The first-order valence-corrected chi connectivity index (χ1v) is 11.4. The first kappa shape index (κ1) is 22.6. The lowest BCUT2D eigenvalue weighted by molar-refractivity contribution is -0.130. The normalized spacial score (nSPS) is 17.9. The van der Waals surface area contributed by atoms with Gasteiger partial charge in [0.1, 0.15) is 5.69 Å². The highest BCUT2D eigenvalue weighted by molar-refractivity contribution is 5.93. The Hall–Kier alpha value is -3.54. The molecule has 0 aliphatic carbocycles. The molecule has 6 nitrogen and oxygen atoms in total. The summed E-state index contributed by atoms with van der Waals surface area (Å²) in [6.07, 6.45) is 5.69. The molecule has 6 heteroatoms. The summed E-state index contributed by atoms with van der Waals surface area (Å²) in [5.74, 6) is -0.194. The zero-order valence-corrected chi connectivity index (χ0v) is 19.4. The summed E-state index contributed by atoms with van der Waals surface area (Å²) in [6, 6.07) is 16.7. The largest absolute Gasteiger partial charge is 0.353 e. The van der Waals surface area contributed by atoms with E-state index in [2.05, 4.69) is 58.6 Å². The summed E-state index contributed by atoms with van der Waals surface area (Å²) in [4.78, 5) is 36.5. The summed E-state index contributed by atoms with van der Waals surface area (Å²) < 4.78 is 0. The Morgan fingerprint density at radius 2 is 1.94 bits per heavy atom. The predicted molar refractivity (Wildman–Crippen MR) is 129 cm³/mol. The van der Waals surface area contributed by atoms with Gasteiger partial charge in [0.05, 0.1) is 11.6 Å². The minimum atomic E-state index is -0.706. The minimum Gasteiger partial charge on any atom is -0.353 e. The van der Waals surface area contributed by atoms with Crippen LogP contribution in [0.3, 0.4) is 0 Å². The van der Waals surface area contributed by atoms with Crippen molar-refractivity contribution in [3.05, 3.63) is 83.9 Å². The summed E-state index contributed by atoms with van der Waals surface area (Å²) in [6.45, 7) is 6.86. The van der Waals surface area contributed by atoms with Gasteiger partial charge in [-0.2, -0.15) is 0 Å². The van der Waals surface area contributed by atoms with E-state index < -0.39 is 5.41 Å². The van der Waals surface area contributed by atoms with E-state index >= 15 is 0 Å². The van der Waals surface area contributed by atoms with Crippen LogP contribution in [0.5, 0.6) is 0 Å². The number of amides is 2. The van der Waals surface area contributed by atoms with Crippen LogP contribution in [0.2, 0.25) is 0 Å². The molecule has 1 fully saturated rings. The number of rotatable bonds is 6. The van der Waals surface area contributed by atoms with Crippen LogP contribution in [-0.2, 0) is 11.2 Å². The van der Waals surface area contributed by atoms with Crippen LogP contribution in [0.1, 0.15) is 41.9 Å². The average Bonchev–Trinajstić information content (AvgIpc) is 3.24. The van der Waals surface area contributed by atoms with Crippen molar-refractivity contribution in [1.82, 2.24) is 20.2 Å². The molecule has 2 heterocycles. The van der Waals surface area contributed by atoms with Crippen LogP contribution >= 0.6 is 0 Å². The van der Waals surface area contributed by atoms with Gasteiger partial charge in [-0.1, -0.05) is 54.1 Å². The summed E-state index contributed by atoms with van der Waals surface area (Å²) >= 11 is 0. The van der Waals surface area contributed by atoms with Gasteiger partial charge < -0.3 is 10.2 Å². The number of likely N-dealkylation sites (tertiary alicyclic amines) is 1. The fourth-order valence-corrected chi connectivity index (χ4v) is 4.58. The number of aryl methyl sites for hydroxylation is 1. The van der Waals surface area contributed by atoms with Crippen molar-refractivity contribution in [2.75, 3.05) is 13.1 Å². The van der Waals surface area contributed by atoms with Crippen LogP contribution in [0.15, 0.2) is 67.1 Å². The maximum atomic E-state index is 13.5. The molecular weight excluding hydrogens is 412 g/mol. The molecule has 1 atom stereocenters. The Balaban J connectivity index is 1.67. The van der Waals surface area contributed by atoms with Crippen molar-refractivity contribution in [3.63, 3.8) is 0 Å². The van der Waals surface area contributed by atoms with Crippen molar-refractivity contribution < 1.29 is 9.59 Å². The SMILES string of the molecule is Cc1cccc(-c2ccccc2C[C@]2(C(=O)NC(C)C)CCN(C(=O)c3cnccn3)C2)c1. The van der Waals surface area contributed by atoms with Gasteiger partial charge in [-0.05, 0) is 50.3 Å². The third kappa shape index (κ3) is 4.95. The van der Waals surface area contributed by atoms with Gasteiger partial charge in [0.25, 0.3) is 5.91 Å². The van der Waals surface area contributed by atoms with Gasteiger partial charge in [0.2, 0.25) is 5.91 Å². The molecule has 0 unspecified atom stereocenters. The number of aromatic nitrogens is 2. The van der Waals surface area contributed by atoms with Crippen molar-refractivity contribution in [1.29, 1.82) is 0 Å². The Kier molecular flexibility index (Phi) is 6.54. The molecule has 3 aromatic rings. The number of nitrogens with one attached hydrogen (secondary N) is 1. The number of hydrogen-bond acceptors (Lipinski definition) is 4. The molecule has 1 saturated heterocycles. The van der Waals surface area contributed by atoms with E-state index in [1.165, 1.54) is 18.0 Å². The molecule has 2 amide bonds. The van der Waals surface area contributed by atoms with E-state index in [0.29, 0.717) is 31.6 Å². The molecule has 0 radical (unpaired) electrons. The highest BCUT2D eigenvalue weighted by Crippen LogP contribution is 2.38. The van der Waals surface area contributed by atoms with E-state index in [-0.39, 0.29) is 17.9 Å². The average molecular weight is 443 g/mol. The van der Waals surface area contributed by atoms with Gasteiger partial charge in [-0.15, -0.1) is 0 Å². The van der Waals surface area contributed by atoms with Crippen molar-refractivity contribution >= 4 is 11.8 Å². The monoisotopic (exact) mass is 442 g/mol. The standard InChI is InChI=1S/C27H30N4O2/c1-19(2)30-26(33)27(11-14-31(18-27)25(32)24-17-28-12-13-29-24)16-22-8-4-5-10-23(22)21-9-6-7-20(3)15-21/h4-10,12-13,15,17,19H,11,14,16,18H2,1-3H3,(H,30,33)/t27-/m1/s1. The van der Waals surface area contributed by atoms with Gasteiger partial charge >= 0.3 is 0 Å². The van der Waals surface area contributed by atoms with E-state index in [1.807, 2.05) is 26.0 Å². The number of nitrogens with zero attached hydrogens (tertiary/aromatic N) is 3. The number of benzene rings is 2. The van der Waals surface area contributed by atoms with Crippen LogP contribution in [0.25, 0.3) is 11.1 Å². The summed E-state index contributed by atoms with van der Waals surface area (Å²) in [5, 5.41) is 3.11. The zero-order chi connectivity index (χ0) is 23.4. The van der Waals surface area contributed by atoms with Gasteiger partial charge in [0, 0.05) is 31.5 Å². The van der Waals surface area contributed by atoms with Crippen molar-refractivity contribution in [2.45, 2.75) is 39.7 Å². The predicted octanol–water partition coefficient (Wildman–Crippen LogP) is 4.05. The Bertz CT molecular complexity index is 1150. The first-order chi connectivity index (χ1) is 15.9. The van der Waals surface area contributed by atoms with E-state index in [1.54, 1.807) is 11.1 Å². The Morgan fingerprint density at radius 1 is 1.12 bits per heavy atom. The second-order valence-corrected chi connectivity index (χ2v) is 9.18. The van der Waals surface area contributed by atoms with E-state index in [9.17, 15) is 9.59 Å². The van der Waals surface area contributed by atoms with Crippen LogP contribution in [0.4, 0.5) is 0 Å². The van der Waals surface area contributed by atoms with Crippen LogP contribution in [-0.4, -0.2) is 45.8 Å². The van der Waals surface area contributed by atoms with Crippen molar-refractivity contribution in [2.24, 2.45) is 5.41 Å². The lowest BCUT2D eigenvalue weighted by atomic mass is 9.78. The van der Waals surface area contributed by atoms with E-state index in [0.717, 1.165) is 16.7 Å². The third-order valence-corrected chi connectivity index (χ3v) is 6.20. The molecule has 1 N–H and O–H groups in total. The highest BCUT2D eigenvalue weighted by Gasteiger charge is 2.46. The number of carbonyl (C=O) groups excluding carboxylic acids is 2. The molecule has 2 aromatic carbocycles. The second-order valence-electron chi connectivity index (χ2n) is 9.18. The molecule has 0 saturated carbocycles. The maximum absolute atomic E-state index is 13.5. The topological polar surface area (TPSA) is 75.2 Å². The lowest BCUT2D eigenvalue weighted by Gasteiger charge is -2.30. The molecule has 4 rings (SSSR count). The minimum absolute atomic E-state index is 0.00834. The fraction of sp³-hybridized carbons (Fsp3) is 0.333. The molecule has 1 aromatic heterocycles. The quantitative estimate of drug-likeness (QED) is 0.625. The van der Waals surface area contributed by atoms with Crippen LogP contribution in [0, 0.1) is 12.3 Å². The molecule has 0 spiro atoms. The maximum Gasteiger partial charge on any atom is 0.274 e. The van der Waals surface area contributed by atoms with Gasteiger partial charge in [0.15, 0.2) is 0 Å². The highest BCUT2D eigenvalue weighted by atomic mass is 16.2. The zero-order valence-electron chi connectivity index (χ0n) is 19.4. The van der Waals surface area contributed by atoms with Crippen molar-refractivity contribution in [3.8, 4) is 11.1 Å². The van der Waals surface area contributed by atoms with Crippen LogP contribution < -0.4 is 5.32 Å². The van der Waals surface area contributed by atoms with Gasteiger partial charge in [-0.25, -0.2) is 4.98 Å². The second kappa shape index (κ2) is 9.53. The fourth-order valence-electron chi connectivity index (χ4n) is 4.58. The molecule has 1 aliphatic heterocycles. The smallest absolute Gasteiger partial charge is 0.274 e. The molecule has 0 bridgehead atoms. The molecular formula is C27H30N4O2. The lowest BCUT2D eigenvalue weighted by Crippen LogP contribution is -2.47. The molecule has 1 aliphatic rings. The summed E-state index contributed by atoms with van der Waals surface area (Å²) in [7, 11) is 0.